The first-order chi connectivity index (χ1) is 9.24. The predicted octanol–water partition coefficient (Wildman–Crippen LogP) is 3.10. The van der Waals surface area contributed by atoms with Gasteiger partial charge in [0.1, 0.15) is 0 Å². The second kappa shape index (κ2) is 3.90. The molecule has 0 atom stereocenters. The van der Waals surface area contributed by atoms with Crippen LogP contribution in [0.15, 0.2) is 23.0 Å². The number of fused-ring (bicyclic) bond motifs is 4. The Morgan fingerprint density at radius 2 is 2.11 bits per heavy atom. The second-order valence-electron chi connectivity index (χ2n) is 5.24. The van der Waals surface area contributed by atoms with Crippen molar-refractivity contribution >= 4 is 26.5 Å². The molecule has 3 aromatic rings. The van der Waals surface area contributed by atoms with Crippen LogP contribution in [0.2, 0.25) is 0 Å². The van der Waals surface area contributed by atoms with Gasteiger partial charge in [0.05, 0.1) is 15.9 Å². The molecule has 19 heavy (non-hydrogen) atoms. The fourth-order valence-corrected chi connectivity index (χ4v) is 4.03. The van der Waals surface area contributed by atoms with Crippen molar-refractivity contribution in [1.29, 1.82) is 0 Å². The third-order valence-corrected chi connectivity index (χ3v) is 4.88. The van der Waals surface area contributed by atoms with Crippen LogP contribution in [-0.4, -0.2) is 9.38 Å². The van der Waals surface area contributed by atoms with Gasteiger partial charge in [-0.05, 0) is 50.3 Å². The summed E-state index contributed by atoms with van der Waals surface area (Å²) in [4.78, 5) is 18.2. The Bertz CT molecular complexity index is 860. The molecule has 96 valence electrons. The lowest BCUT2D eigenvalue weighted by atomic mass is 9.97. The molecule has 4 heteroatoms. The lowest BCUT2D eigenvalue weighted by Crippen LogP contribution is -2.23. The summed E-state index contributed by atoms with van der Waals surface area (Å²) in [6.07, 6.45) is 4.10. The first kappa shape index (κ1) is 11.2. The van der Waals surface area contributed by atoms with Crippen LogP contribution < -0.4 is 5.56 Å². The van der Waals surface area contributed by atoms with Crippen LogP contribution in [-0.2, 0) is 12.8 Å². The summed E-state index contributed by atoms with van der Waals surface area (Å²) in [5.74, 6) is 0. The molecule has 3 nitrogen and oxygen atoms in total. The van der Waals surface area contributed by atoms with E-state index in [2.05, 4.69) is 19.1 Å². The second-order valence-corrected chi connectivity index (χ2v) is 6.25. The number of aromatic nitrogens is 2. The number of hydrogen-bond donors (Lipinski definition) is 0. The van der Waals surface area contributed by atoms with Crippen LogP contribution in [0.25, 0.3) is 15.2 Å². The largest absolute Gasteiger partial charge is 0.269 e. The van der Waals surface area contributed by atoms with Gasteiger partial charge in [-0.1, -0.05) is 17.4 Å². The standard InChI is InChI=1S/C15H14N2OS/c1-9-6-7-12-13(8-9)19-15-16-11-5-3-2-4-10(11)14(18)17(12)15/h6-8H,2-5H2,1H3. The third kappa shape index (κ3) is 1.56. The Kier molecular flexibility index (Phi) is 2.30. The number of rotatable bonds is 0. The molecule has 4 rings (SSSR count). The summed E-state index contributed by atoms with van der Waals surface area (Å²) in [5.41, 5.74) is 4.33. The molecule has 0 saturated heterocycles. The molecule has 1 aliphatic carbocycles. The van der Waals surface area contributed by atoms with Crippen molar-refractivity contribution in [3.63, 3.8) is 0 Å². The zero-order chi connectivity index (χ0) is 13.0. The van der Waals surface area contributed by atoms with Crippen LogP contribution in [0, 0.1) is 6.92 Å². The molecule has 1 aromatic carbocycles. The minimum Gasteiger partial charge on any atom is -0.269 e. The zero-order valence-electron chi connectivity index (χ0n) is 10.8. The van der Waals surface area contributed by atoms with Crippen molar-refractivity contribution in [2.45, 2.75) is 32.6 Å². The Morgan fingerprint density at radius 1 is 1.26 bits per heavy atom. The Balaban J connectivity index is 2.19. The first-order valence-electron chi connectivity index (χ1n) is 6.68. The number of aryl methyl sites for hydroxylation is 2. The van der Waals surface area contributed by atoms with Crippen LogP contribution in [0.4, 0.5) is 0 Å². The van der Waals surface area contributed by atoms with Crippen LogP contribution in [0.3, 0.4) is 0 Å². The van der Waals surface area contributed by atoms with E-state index in [0.29, 0.717) is 0 Å². The maximum Gasteiger partial charge on any atom is 0.262 e. The highest BCUT2D eigenvalue weighted by molar-refractivity contribution is 7.23. The van der Waals surface area contributed by atoms with Crippen LogP contribution >= 0.6 is 11.3 Å². The van der Waals surface area contributed by atoms with Gasteiger partial charge in [-0.3, -0.25) is 9.20 Å². The molecule has 2 aromatic heterocycles. The van der Waals surface area contributed by atoms with Crippen molar-refractivity contribution in [2.75, 3.05) is 0 Å². The van der Waals surface area contributed by atoms with E-state index in [0.717, 1.165) is 52.1 Å². The molecule has 0 spiro atoms. The topological polar surface area (TPSA) is 34.4 Å². The molecular weight excluding hydrogens is 256 g/mol. The highest BCUT2D eigenvalue weighted by Crippen LogP contribution is 2.27. The zero-order valence-corrected chi connectivity index (χ0v) is 11.6. The fraction of sp³-hybridized carbons (Fsp3) is 0.333. The SMILES string of the molecule is Cc1ccc2c(c1)sc1nc3c(c(=O)n12)CCCC3. The molecule has 0 aliphatic heterocycles. The molecule has 0 saturated carbocycles. The van der Waals surface area contributed by atoms with Crippen molar-refractivity contribution in [2.24, 2.45) is 0 Å². The third-order valence-electron chi connectivity index (χ3n) is 3.88. The summed E-state index contributed by atoms with van der Waals surface area (Å²) < 4.78 is 2.94. The number of benzene rings is 1. The molecule has 0 unspecified atom stereocenters. The summed E-state index contributed by atoms with van der Waals surface area (Å²) in [6.45, 7) is 2.07. The lowest BCUT2D eigenvalue weighted by molar-refractivity contribution is 0.659. The van der Waals surface area contributed by atoms with E-state index in [1.54, 1.807) is 15.7 Å². The maximum absolute atomic E-state index is 12.7. The van der Waals surface area contributed by atoms with Crippen molar-refractivity contribution < 1.29 is 0 Å². The van der Waals surface area contributed by atoms with Gasteiger partial charge >= 0.3 is 0 Å². The van der Waals surface area contributed by atoms with Gasteiger partial charge in [-0.15, -0.1) is 0 Å². The fourth-order valence-electron chi connectivity index (χ4n) is 2.90. The minimum absolute atomic E-state index is 0.148. The van der Waals surface area contributed by atoms with E-state index < -0.39 is 0 Å². The van der Waals surface area contributed by atoms with Crippen molar-refractivity contribution in [1.82, 2.24) is 9.38 Å². The molecule has 0 N–H and O–H groups in total. The summed E-state index contributed by atoms with van der Waals surface area (Å²) >= 11 is 1.61. The molecule has 2 heterocycles. The molecular formula is C15H14N2OS. The van der Waals surface area contributed by atoms with E-state index in [1.165, 1.54) is 5.56 Å². The smallest absolute Gasteiger partial charge is 0.262 e. The molecule has 0 radical (unpaired) electrons. The lowest BCUT2D eigenvalue weighted by Gasteiger charge is -2.13. The molecule has 1 aliphatic rings. The summed E-state index contributed by atoms with van der Waals surface area (Å²) in [7, 11) is 0. The van der Waals surface area contributed by atoms with Crippen molar-refractivity contribution in [3.05, 3.63) is 45.4 Å². The summed E-state index contributed by atoms with van der Waals surface area (Å²) in [6, 6.07) is 6.22. The van der Waals surface area contributed by atoms with Crippen LogP contribution in [0.5, 0.6) is 0 Å². The molecule has 0 amide bonds. The van der Waals surface area contributed by atoms with E-state index in [4.69, 9.17) is 4.98 Å². The van der Waals surface area contributed by atoms with Gasteiger partial charge in [-0.2, -0.15) is 0 Å². The van der Waals surface area contributed by atoms with E-state index in [-0.39, 0.29) is 5.56 Å². The van der Waals surface area contributed by atoms with E-state index in [1.807, 2.05) is 6.07 Å². The van der Waals surface area contributed by atoms with Gasteiger partial charge in [0.15, 0.2) is 4.96 Å². The van der Waals surface area contributed by atoms with Crippen LogP contribution in [0.1, 0.15) is 29.7 Å². The summed E-state index contributed by atoms with van der Waals surface area (Å²) in [5, 5.41) is 0. The Hall–Kier alpha value is -1.68. The predicted molar refractivity (Wildman–Crippen MR) is 78.2 cm³/mol. The average Bonchev–Trinajstić information content (AvgIpc) is 2.76. The Morgan fingerprint density at radius 3 is 3.00 bits per heavy atom. The van der Waals surface area contributed by atoms with E-state index >= 15 is 0 Å². The maximum atomic E-state index is 12.7. The number of nitrogens with zero attached hydrogens (tertiary/aromatic N) is 2. The number of thiazole rings is 1. The van der Waals surface area contributed by atoms with Crippen molar-refractivity contribution in [3.8, 4) is 0 Å². The molecule has 0 fully saturated rings. The van der Waals surface area contributed by atoms with Gasteiger partial charge < -0.3 is 0 Å². The molecule has 0 bridgehead atoms. The quantitative estimate of drug-likeness (QED) is 0.629. The van der Waals surface area contributed by atoms with Gasteiger partial charge in [0.25, 0.3) is 5.56 Å². The highest BCUT2D eigenvalue weighted by Gasteiger charge is 2.18. The normalized spacial score (nSPS) is 15.0. The van der Waals surface area contributed by atoms with E-state index in [9.17, 15) is 4.79 Å². The minimum atomic E-state index is 0.148. The van der Waals surface area contributed by atoms with Gasteiger partial charge in [-0.25, -0.2) is 4.98 Å². The number of hydrogen-bond acceptors (Lipinski definition) is 3. The van der Waals surface area contributed by atoms with Gasteiger partial charge in [0.2, 0.25) is 0 Å². The first-order valence-corrected chi connectivity index (χ1v) is 7.49. The highest BCUT2D eigenvalue weighted by atomic mass is 32.1. The van der Waals surface area contributed by atoms with Gasteiger partial charge in [0, 0.05) is 5.56 Å². The Labute approximate surface area is 114 Å². The average molecular weight is 270 g/mol. The monoisotopic (exact) mass is 270 g/mol.